The van der Waals surface area contributed by atoms with Crippen molar-refractivity contribution in [3.63, 3.8) is 0 Å². The van der Waals surface area contributed by atoms with Crippen molar-refractivity contribution in [1.29, 1.82) is 0 Å². The number of benzene rings is 2. The van der Waals surface area contributed by atoms with Crippen molar-refractivity contribution in [2.45, 2.75) is 19.5 Å². The smallest absolute Gasteiger partial charge is 0.123 e. The van der Waals surface area contributed by atoms with Gasteiger partial charge in [-0.1, -0.05) is 42.5 Å². The van der Waals surface area contributed by atoms with Gasteiger partial charge < -0.3 is 5.32 Å². The van der Waals surface area contributed by atoms with E-state index in [1.54, 1.807) is 0 Å². The van der Waals surface area contributed by atoms with Crippen LogP contribution in [0.5, 0.6) is 0 Å². The number of nitrogens with zero attached hydrogens (tertiary/aromatic N) is 2. The maximum absolute atomic E-state index is 13.2. The number of rotatable bonds is 5. The summed E-state index contributed by atoms with van der Waals surface area (Å²) in [6, 6.07) is 16.9. The summed E-state index contributed by atoms with van der Waals surface area (Å²) in [4.78, 5) is 0. The Balaban J connectivity index is 1.86. The zero-order chi connectivity index (χ0) is 16.2. The number of aryl methyl sites for hydroxylation is 1. The Morgan fingerprint density at radius 2 is 1.70 bits per heavy atom. The molecule has 0 aliphatic carbocycles. The van der Waals surface area contributed by atoms with E-state index in [4.69, 9.17) is 0 Å². The maximum atomic E-state index is 13.2. The zero-order valence-electron chi connectivity index (χ0n) is 13.3. The summed E-state index contributed by atoms with van der Waals surface area (Å²) in [5.74, 6) is -0.219. The fourth-order valence-corrected chi connectivity index (χ4v) is 2.66. The number of hydrogen-bond acceptors (Lipinski definition) is 2. The molecule has 3 aromatic rings. The third kappa shape index (κ3) is 3.48. The second-order valence-corrected chi connectivity index (χ2v) is 5.65. The molecule has 0 aliphatic rings. The molecule has 0 spiro atoms. The Kier molecular flexibility index (Phi) is 4.53. The van der Waals surface area contributed by atoms with Gasteiger partial charge >= 0.3 is 0 Å². The minimum Gasteiger partial charge on any atom is -0.302 e. The third-order valence-electron chi connectivity index (χ3n) is 4.17. The van der Waals surface area contributed by atoms with Crippen LogP contribution in [0.4, 0.5) is 4.39 Å². The fourth-order valence-electron chi connectivity index (χ4n) is 2.66. The molecule has 0 saturated heterocycles. The highest BCUT2D eigenvalue weighted by Gasteiger charge is 2.14. The van der Waals surface area contributed by atoms with E-state index in [0.717, 1.165) is 22.4 Å². The Bertz CT molecular complexity index is 763. The molecule has 0 radical (unpaired) electrons. The van der Waals surface area contributed by atoms with Gasteiger partial charge in [0.05, 0.1) is 12.2 Å². The Labute approximate surface area is 135 Å². The molecule has 1 aromatic heterocycles. The Morgan fingerprint density at radius 3 is 2.30 bits per heavy atom. The van der Waals surface area contributed by atoms with Gasteiger partial charge in [-0.25, -0.2) is 4.39 Å². The van der Waals surface area contributed by atoms with Crippen LogP contribution in [0.25, 0.3) is 0 Å². The van der Waals surface area contributed by atoms with E-state index in [-0.39, 0.29) is 11.9 Å². The summed E-state index contributed by atoms with van der Waals surface area (Å²) >= 11 is 0. The molecule has 118 valence electrons. The van der Waals surface area contributed by atoms with Gasteiger partial charge in [0, 0.05) is 24.8 Å². The van der Waals surface area contributed by atoms with Crippen LogP contribution in [-0.2, 0) is 13.6 Å². The van der Waals surface area contributed by atoms with E-state index in [1.165, 1.54) is 12.1 Å². The Morgan fingerprint density at radius 1 is 1.04 bits per heavy atom. The van der Waals surface area contributed by atoms with Gasteiger partial charge in [0.15, 0.2) is 0 Å². The van der Waals surface area contributed by atoms with Crippen LogP contribution >= 0.6 is 0 Å². The first kappa shape index (κ1) is 15.4. The molecule has 3 nitrogen and oxygen atoms in total. The maximum Gasteiger partial charge on any atom is 0.123 e. The van der Waals surface area contributed by atoms with E-state index >= 15 is 0 Å². The lowest BCUT2D eigenvalue weighted by molar-refractivity contribution is 0.596. The summed E-state index contributed by atoms with van der Waals surface area (Å²) < 4.78 is 15.1. The van der Waals surface area contributed by atoms with Crippen molar-refractivity contribution < 1.29 is 4.39 Å². The third-order valence-corrected chi connectivity index (χ3v) is 4.17. The highest BCUT2D eigenvalue weighted by atomic mass is 19.1. The molecule has 1 N–H and O–H groups in total. The van der Waals surface area contributed by atoms with Crippen LogP contribution in [-0.4, -0.2) is 9.78 Å². The number of hydrogen-bond donors (Lipinski definition) is 1. The first-order valence-corrected chi connectivity index (χ1v) is 7.66. The molecule has 1 unspecified atom stereocenters. The van der Waals surface area contributed by atoms with Crippen LogP contribution in [0.2, 0.25) is 0 Å². The number of halogens is 1. The van der Waals surface area contributed by atoms with Gasteiger partial charge in [-0.05, 0) is 30.2 Å². The summed E-state index contributed by atoms with van der Waals surface area (Å²) in [5, 5.41) is 7.84. The molecule has 0 aliphatic heterocycles. The molecule has 23 heavy (non-hydrogen) atoms. The molecule has 0 saturated carbocycles. The van der Waals surface area contributed by atoms with E-state index in [9.17, 15) is 4.39 Å². The van der Waals surface area contributed by atoms with Gasteiger partial charge in [-0.3, -0.25) is 4.68 Å². The lowest BCUT2D eigenvalue weighted by Crippen LogP contribution is -2.22. The molecule has 0 bridgehead atoms. The topological polar surface area (TPSA) is 29.9 Å². The van der Waals surface area contributed by atoms with Gasteiger partial charge in [-0.2, -0.15) is 5.10 Å². The van der Waals surface area contributed by atoms with Gasteiger partial charge in [0.25, 0.3) is 0 Å². The van der Waals surface area contributed by atoms with Gasteiger partial charge in [-0.15, -0.1) is 0 Å². The van der Waals surface area contributed by atoms with Crippen LogP contribution in [0.15, 0.2) is 60.8 Å². The summed E-state index contributed by atoms with van der Waals surface area (Å²) in [7, 11) is 1.94. The van der Waals surface area contributed by atoms with Crippen molar-refractivity contribution in [1.82, 2.24) is 15.1 Å². The zero-order valence-corrected chi connectivity index (χ0v) is 13.3. The molecule has 4 heteroatoms. The van der Waals surface area contributed by atoms with Crippen LogP contribution in [0.1, 0.15) is 28.4 Å². The van der Waals surface area contributed by atoms with Crippen LogP contribution in [0.3, 0.4) is 0 Å². The van der Waals surface area contributed by atoms with E-state index < -0.39 is 0 Å². The number of nitrogens with one attached hydrogen (secondary N) is 1. The summed E-state index contributed by atoms with van der Waals surface area (Å²) in [5.41, 5.74) is 4.50. The SMILES string of the molecule is Cc1c(CNC(c2ccccc2)c2ccc(F)cc2)cnn1C. The highest BCUT2D eigenvalue weighted by Crippen LogP contribution is 2.23. The largest absolute Gasteiger partial charge is 0.302 e. The second kappa shape index (κ2) is 6.75. The summed E-state index contributed by atoms with van der Waals surface area (Å²) in [6.07, 6.45) is 1.88. The monoisotopic (exact) mass is 309 g/mol. The molecular weight excluding hydrogens is 289 g/mol. The molecule has 0 fully saturated rings. The highest BCUT2D eigenvalue weighted by molar-refractivity contribution is 5.32. The molecule has 0 amide bonds. The molecule has 3 rings (SSSR count). The van der Waals surface area contributed by atoms with Crippen LogP contribution in [0, 0.1) is 12.7 Å². The fraction of sp³-hybridized carbons (Fsp3) is 0.211. The Hall–Kier alpha value is -2.46. The minimum atomic E-state index is -0.219. The molecule has 1 atom stereocenters. The van der Waals surface area contributed by atoms with E-state index in [1.807, 2.05) is 48.3 Å². The lowest BCUT2D eigenvalue weighted by Gasteiger charge is -2.20. The first-order chi connectivity index (χ1) is 11.1. The normalized spacial score (nSPS) is 12.3. The summed E-state index contributed by atoms with van der Waals surface area (Å²) in [6.45, 7) is 2.76. The molecule has 2 aromatic carbocycles. The van der Waals surface area contributed by atoms with Gasteiger partial charge in [0.1, 0.15) is 5.82 Å². The first-order valence-electron chi connectivity index (χ1n) is 7.66. The predicted octanol–water partition coefficient (Wildman–Crippen LogP) is 3.75. The average Bonchev–Trinajstić information content (AvgIpc) is 2.90. The van der Waals surface area contributed by atoms with Crippen LogP contribution < -0.4 is 5.32 Å². The predicted molar refractivity (Wildman–Crippen MR) is 89.5 cm³/mol. The standard InChI is InChI=1S/C19H20FN3/c1-14-17(13-22-23(14)2)12-21-19(15-6-4-3-5-7-15)16-8-10-18(20)11-9-16/h3-11,13,19,21H,12H2,1-2H3. The van der Waals surface area contributed by atoms with E-state index in [2.05, 4.69) is 29.5 Å². The quantitative estimate of drug-likeness (QED) is 0.778. The lowest BCUT2D eigenvalue weighted by atomic mass is 9.98. The minimum absolute atomic E-state index is 0.0106. The van der Waals surface area contributed by atoms with Crippen molar-refractivity contribution in [3.8, 4) is 0 Å². The van der Waals surface area contributed by atoms with Crippen molar-refractivity contribution >= 4 is 0 Å². The average molecular weight is 309 g/mol. The van der Waals surface area contributed by atoms with Crippen molar-refractivity contribution in [2.75, 3.05) is 0 Å². The van der Waals surface area contributed by atoms with E-state index in [0.29, 0.717) is 6.54 Å². The number of aromatic nitrogens is 2. The second-order valence-electron chi connectivity index (χ2n) is 5.65. The molecule has 1 heterocycles. The van der Waals surface area contributed by atoms with Crippen molar-refractivity contribution in [2.24, 2.45) is 7.05 Å². The van der Waals surface area contributed by atoms with Gasteiger partial charge in [0.2, 0.25) is 0 Å². The molecular formula is C19H20FN3. The van der Waals surface area contributed by atoms with Crippen molar-refractivity contribution in [3.05, 3.63) is 89.0 Å².